The third-order valence-electron chi connectivity index (χ3n) is 3.68. The molecule has 0 heterocycles. The molecular weight excluding hydrogens is 350 g/mol. The van der Waals surface area contributed by atoms with Crippen LogP contribution in [0.3, 0.4) is 0 Å². The lowest BCUT2D eigenvalue weighted by molar-refractivity contribution is 0.0949. The Labute approximate surface area is 159 Å². The van der Waals surface area contributed by atoms with E-state index in [1.54, 1.807) is 18.2 Å². The number of urea groups is 1. The van der Waals surface area contributed by atoms with Gasteiger partial charge in [-0.25, -0.2) is 4.79 Å². The van der Waals surface area contributed by atoms with E-state index in [1.165, 1.54) is 0 Å². The van der Waals surface area contributed by atoms with E-state index in [9.17, 15) is 9.59 Å². The molecule has 6 heteroatoms. The predicted molar refractivity (Wildman–Crippen MR) is 106 cm³/mol. The summed E-state index contributed by atoms with van der Waals surface area (Å²) in [5, 5.41) is 8.64. The lowest BCUT2D eigenvalue weighted by Crippen LogP contribution is -2.30. The molecule has 2 rings (SSSR count). The summed E-state index contributed by atoms with van der Waals surface area (Å²) in [7, 11) is 0. The van der Waals surface area contributed by atoms with Gasteiger partial charge in [0.1, 0.15) is 0 Å². The minimum Gasteiger partial charge on any atom is -0.352 e. The molecule has 5 nitrogen and oxygen atoms in total. The quantitative estimate of drug-likeness (QED) is 0.684. The van der Waals surface area contributed by atoms with Crippen LogP contribution >= 0.6 is 11.6 Å². The third kappa shape index (κ3) is 6.41. The van der Waals surface area contributed by atoms with Crippen molar-refractivity contribution in [3.05, 3.63) is 64.7 Å². The highest BCUT2D eigenvalue weighted by molar-refractivity contribution is 6.34. The van der Waals surface area contributed by atoms with Gasteiger partial charge in [-0.3, -0.25) is 4.79 Å². The molecule has 0 aliphatic carbocycles. The van der Waals surface area contributed by atoms with Crippen LogP contribution in [0.15, 0.2) is 48.5 Å². The van der Waals surface area contributed by atoms with Crippen LogP contribution in [0.2, 0.25) is 5.02 Å². The number of carbonyl (C=O) groups excluding carboxylic acids is 2. The van der Waals surface area contributed by atoms with E-state index in [2.05, 4.69) is 16.0 Å². The molecule has 0 aromatic heterocycles. The number of carbonyl (C=O) groups is 2. The minimum atomic E-state index is -0.311. The first-order valence-electron chi connectivity index (χ1n) is 8.62. The fraction of sp³-hybridized carbons (Fsp3) is 0.300. The second-order valence-corrected chi connectivity index (χ2v) is 6.82. The van der Waals surface area contributed by atoms with Crippen molar-refractivity contribution in [3.63, 3.8) is 0 Å². The topological polar surface area (TPSA) is 70.2 Å². The molecule has 0 unspecified atom stereocenters. The fourth-order valence-corrected chi connectivity index (χ4v) is 2.58. The third-order valence-corrected chi connectivity index (χ3v) is 4.00. The molecule has 0 spiro atoms. The van der Waals surface area contributed by atoms with E-state index in [0.717, 1.165) is 12.0 Å². The van der Waals surface area contributed by atoms with Crippen molar-refractivity contribution in [2.45, 2.75) is 20.3 Å². The Balaban J connectivity index is 1.84. The van der Waals surface area contributed by atoms with E-state index in [0.29, 0.717) is 35.3 Å². The molecule has 2 aromatic carbocycles. The number of amides is 3. The van der Waals surface area contributed by atoms with Crippen LogP contribution < -0.4 is 16.0 Å². The zero-order valence-corrected chi connectivity index (χ0v) is 15.8. The minimum absolute atomic E-state index is 0.220. The van der Waals surface area contributed by atoms with Crippen LogP contribution in [-0.4, -0.2) is 25.0 Å². The summed E-state index contributed by atoms with van der Waals surface area (Å²) in [5.41, 5.74) is 2.09. The second-order valence-electron chi connectivity index (χ2n) is 6.41. The summed E-state index contributed by atoms with van der Waals surface area (Å²) in [5.74, 6) is 0.140. The molecule has 0 fully saturated rings. The summed E-state index contributed by atoms with van der Waals surface area (Å²) >= 11 is 6.17. The molecule has 0 saturated heterocycles. The fourth-order valence-electron chi connectivity index (χ4n) is 2.31. The van der Waals surface area contributed by atoms with Gasteiger partial charge in [0, 0.05) is 18.8 Å². The van der Waals surface area contributed by atoms with Gasteiger partial charge in [0.05, 0.1) is 10.6 Å². The molecule has 26 heavy (non-hydrogen) atoms. The number of benzene rings is 2. The first kappa shape index (κ1) is 19.8. The first-order valence-corrected chi connectivity index (χ1v) is 9.00. The average molecular weight is 374 g/mol. The second kappa shape index (κ2) is 9.82. The maximum atomic E-state index is 12.1. The Kier molecular flexibility index (Phi) is 7.48. The predicted octanol–water partition coefficient (Wildman–Crippen LogP) is 4.09. The van der Waals surface area contributed by atoms with E-state index in [4.69, 9.17) is 11.6 Å². The van der Waals surface area contributed by atoms with Crippen LogP contribution in [-0.2, 0) is 6.42 Å². The van der Waals surface area contributed by atoms with Crippen molar-refractivity contribution in [1.82, 2.24) is 10.6 Å². The SMILES string of the molecule is CC(C)CNC(=O)c1ccc(NC(=O)NCCc2ccccc2)cc1Cl. The highest BCUT2D eigenvalue weighted by Crippen LogP contribution is 2.21. The van der Waals surface area contributed by atoms with Gasteiger partial charge in [0.2, 0.25) is 0 Å². The molecule has 3 amide bonds. The molecule has 2 aromatic rings. The molecule has 138 valence electrons. The average Bonchev–Trinajstić information content (AvgIpc) is 2.60. The van der Waals surface area contributed by atoms with Crippen molar-refractivity contribution in [2.75, 3.05) is 18.4 Å². The van der Waals surface area contributed by atoms with Crippen LogP contribution in [0, 0.1) is 5.92 Å². The zero-order chi connectivity index (χ0) is 18.9. The van der Waals surface area contributed by atoms with Gasteiger partial charge < -0.3 is 16.0 Å². The highest BCUT2D eigenvalue weighted by atomic mass is 35.5. The maximum absolute atomic E-state index is 12.1. The Morgan fingerprint density at radius 3 is 2.42 bits per heavy atom. The standard InChI is InChI=1S/C20H24ClN3O2/c1-14(2)13-23-19(25)17-9-8-16(12-18(17)21)24-20(26)22-11-10-15-6-4-3-5-7-15/h3-9,12,14H,10-11,13H2,1-2H3,(H,23,25)(H2,22,24,26). The number of halogens is 1. The zero-order valence-electron chi connectivity index (χ0n) is 15.0. The molecule has 0 radical (unpaired) electrons. The van der Waals surface area contributed by atoms with Crippen LogP contribution in [0.1, 0.15) is 29.8 Å². The van der Waals surface area contributed by atoms with Gasteiger partial charge in [0.25, 0.3) is 5.91 Å². The lowest BCUT2D eigenvalue weighted by Gasteiger charge is -2.11. The number of rotatable bonds is 7. The van der Waals surface area contributed by atoms with Gasteiger partial charge in [-0.05, 0) is 36.1 Å². The summed E-state index contributed by atoms with van der Waals surface area (Å²) in [6.45, 7) is 5.15. The van der Waals surface area contributed by atoms with Crippen molar-refractivity contribution in [1.29, 1.82) is 0 Å². The first-order chi connectivity index (χ1) is 12.5. The molecular formula is C20H24ClN3O2. The van der Waals surface area contributed by atoms with E-state index in [-0.39, 0.29) is 11.9 Å². The largest absolute Gasteiger partial charge is 0.352 e. The number of anilines is 1. The van der Waals surface area contributed by atoms with Crippen molar-refractivity contribution in [2.24, 2.45) is 5.92 Å². The number of hydrogen-bond acceptors (Lipinski definition) is 2. The van der Waals surface area contributed by atoms with Gasteiger partial charge in [-0.15, -0.1) is 0 Å². The Bertz CT molecular complexity index is 748. The monoisotopic (exact) mass is 373 g/mol. The summed E-state index contributed by atoms with van der Waals surface area (Å²) in [6.07, 6.45) is 0.754. The normalized spacial score (nSPS) is 10.5. The van der Waals surface area contributed by atoms with Crippen LogP contribution in [0.5, 0.6) is 0 Å². The van der Waals surface area contributed by atoms with Gasteiger partial charge in [-0.2, -0.15) is 0 Å². The van der Waals surface area contributed by atoms with Crippen LogP contribution in [0.25, 0.3) is 0 Å². The molecule has 3 N–H and O–H groups in total. The van der Waals surface area contributed by atoms with E-state index in [1.807, 2.05) is 44.2 Å². The van der Waals surface area contributed by atoms with E-state index >= 15 is 0 Å². The summed E-state index contributed by atoms with van der Waals surface area (Å²) in [6, 6.07) is 14.5. The van der Waals surface area contributed by atoms with Gasteiger partial charge in [0.15, 0.2) is 0 Å². The molecule has 0 saturated carbocycles. The Morgan fingerprint density at radius 1 is 1.04 bits per heavy atom. The maximum Gasteiger partial charge on any atom is 0.319 e. The van der Waals surface area contributed by atoms with Crippen molar-refractivity contribution in [3.8, 4) is 0 Å². The molecule has 0 aliphatic rings. The smallest absolute Gasteiger partial charge is 0.319 e. The number of hydrogen-bond donors (Lipinski definition) is 3. The van der Waals surface area contributed by atoms with Crippen molar-refractivity contribution >= 4 is 29.2 Å². The number of nitrogens with one attached hydrogen (secondary N) is 3. The molecule has 0 atom stereocenters. The van der Waals surface area contributed by atoms with Gasteiger partial charge in [-0.1, -0.05) is 55.8 Å². The Morgan fingerprint density at radius 2 is 1.77 bits per heavy atom. The van der Waals surface area contributed by atoms with Crippen LogP contribution in [0.4, 0.5) is 10.5 Å². The summed E-state index contributed by atoms with van der Waals surface area (Å²) in [4.78, 5) is 24.0. The molecule has 0 bridgehead atoms. The molecule has 0 aliphatic heterocycles. The Hall–Kier alpha value is -2.53. The highest BCUT2D eigenvalue weighted by Gasteiger charge is 2.12. The lowest BCUT2D eigenvalue weighted by atomic mass is 10.1. The van der Waals surface area contributed by atoms with Gasteiger partial charge >= 0.3 is 6.03 Å². The van der Waals surface area contributed by atoms with E-state index < -0.39 is 0 Å². The van der Waals surface area contributed by atoms with Crippen molar-refractivity contribution < 1.29 is 9.59 Å². The summed E-state index contributed by atoms with van der Waals surface area (Å²) < 4.78 is 0.